The number of amides is 1. The maximum atomic E-state index is 12.7. The number of thiazole rings is 1. The highest BCUT2D eigenvalue weighted by Crippen LogP contribution is 2.33. The molecule has 7 heteroatoms. The number of aromatic nitrogens is 1. The summed E-state index contributed by atoms with van der Waals surface area (Å²) in [5.74, 6) is 1.23. The van der Waals surface area contributed by atoms with Crippen molar-refractivity contribution in [1.29, 1.82) is 0 Å². The lowest BCUT2D eigenvalue weighted by molar-refractivity contribution is 0.102. The monoisotopic (exact) mass is 373 g/mol. The molecule has 4 rings (SSSR count). The lowest BCUT2D eigenvalue weighted by atomic mass is 9.96. The predicted octanol–water partition coefficient (Wildman–Crippen LogP) is 4.22. The van der Waals surface area contributed by atoms with E-state index >= 15 is 0 Å². The van der Waals surface area contributed by atoms with Crippen molar-refractivity contribution in [1.82, 2.24) is 4.98 Å². The second-order valence-corrected chi connectivity index (χ2v) is 7.72. The highest BCUT2D eigenvalue weighted by Gasteiger charge is 2.20. The van der Waals surface area contributed by atoms with Crippen LogP contribution in [0.4, 0.5) is 10.8 Å². The number of aryl methyl sites for hydroxylation is 1. The van der Waals surface area contributed by atoms with Gasteiger partial charge in [-0.25, -0.2) is 4.98 Å². The summed E-state index contributed by atoms with van der Waals surface area (Å²) in [7, 11) is 0. The Kier molecular flexibility index (Phi) is 4.97. The number of carbonyl (C=O) groups is 1. The smallest absolute Gasteiger partial charge is 0.267 e. The number of nitrogens with zero attached hydrogens (tertiary/aromatic N) is 1. The number of rotatable bonds is 4. The molecule has 1 aromatic carbocycles. The van der Waals surface area contributed by atoms with Gasteiger partial charge in [-0.1, -0.05) is 30.6 Å². The molecule has 2 aromatic rings. The van der Waals surface area contributed by atoms with Crippen molar-refractivity contribution in [3.05, 3.63) is 28.8 Å². The van der Waals surface area contributed by atoms with Gasteiger partial charge in [-0.05, 0) is 31.9 Å². The molecule has 1 aliphatic heterocycles. The van der Waals surface area contributed by atoms with Crippen LogP contribution >= 0.6 is 11.3 Å². The van der Waals surface area contributed by atoms with Crippen LogP contribution in [0.2, 0.25) is 0 Å². The Hall–Kier alpha value is -2.28. The molecule has 1 fully saturated rings. The van der Waals surface area contributed by atoms with E-state index in [0.29, 0.717) is 41.3 Å². The Bertz CT molecular complexity index is 799. The molecule has 0 spiro atoms. The van der Waals surface area contributed by atoms with E-state index in [-0.39, 0.29) is 5.91 Å². The van der Waals surface area contributed by atoms with Crippen LogP contribution in [0.1, 0.15) is 47.5 Å². The number of nitrogens with one attached hydrogen (secondary N) is 2. The molecule has 6 nitrogen and oxygen atoms in total. The number of hydrogen-bond donors (Lipinski definition) is 2. The SMILES string of the molecule is Cc1nc(NC2CCCCC2)sc1C(=O)Nc1ccc2c(c1)OCCO2. The summed E-state index contributed by atoms with van der Waals surface area (Å²) < 4.78 is 11.1. The summed E-state index contributed by atoms with van der Waals surface area (Å²) in [5, 5.41) is 7.26. The molecule has 1 amide bonds. The molecule has 1 aromatic heterocycles. The highest BCUT2D eigenvalue weighted by molar-refractivity contribution is 7.17. The summed E-state index contributed by atoms with van der Waals surface area (Å²) in [6.45, 7) is 2.95. The Morgan fingerprint density at radius 2 is 1.92 bits per heavy atom. The van der Waals surface area contributed by atoms with Crippen molar-refractivity contribution >= 4 is 28.1 Å². The Morgan fingerprint density at radius 3 is 2.73 bits per heavy atom. The van der Waals surface area contributed by atoms with Gasteiger partial charge in [0, 0.05) is 17.8 Å². The van der Waals surface area contributed by atoms with Gasteiger partial charge in [0.1, 0.15) is 18.1 Å². The molecule has 1 saturated carbocycles. The third kappa shape index (κ3) is 3.77. The molecule has 0 radical (unpaired) electrons. The fourth-order valence-corrected chi connectivity index (χ4v) is 4.34. The maximum Gasteiger partial charge on any atom is 0.267 e. The minimum atomic E-state index is -0.145. The molecule has 0 bridgehead atoms. The summed E-state index contributed by atoms with van der Waals surface area (Å²) in [4.78, 5) is 17.8. The third-order valence-corrected chi connectivity index (χ3v) is 5.82. The zero-order valence-electron chi connectivity index (χ0n) is 14.8. The van der Waals surface area contributed by atoms with Crippen molar-refractivity contribution in [2.24, 2.45) is 0 Å². The van der Waals surface area contributed by atoms with Crippen LogP contribution < -0.4 is 20.1 Å². The number of carbonyl (C=O) groups excluding carboxylic acids is 1. The molecular weight excluding hydrogens is 350 g/mol. The van der Waals surface area contributed by atoms with Gasteiger partial charge in [0.05, 0.1) is 5.69 Å². The lowest BCUT2D eigenvalue weighted by Gasteiger charge is -2.22. The molecule has 0 atom stereocenters. The van der Waals surface area contributed by atoms with E-state index in [4.69, 9.17) is 9.47 Å². The van der Waals surface area contributed by atoms with E-state index < -0.39 is 0 Å². The first-order chi connectivity index (χ1) is 12.7. The number of hydrogen-bond acceptors (Lipinski definition) is 6. The van der Waals surface area contributed by atoms with Crippen LogP contribution in [0, 0.1) is 6.92 Å². The van der Waals surface area contributed by atoms with E-state index in [2.05, 4.69) is 15.6 Å². The van der Waals surface area contributed by atoms with E-state index in [1.165, 1.54) is 43.4 Å². The maximum absolute atomic E-state index is 12.7. The van der Waals surface area contributed by atoms with Gasteiger partial charge in [-0.15, -0.1) is 0 Å². The van der Waals surface area contributed by atoms with E-state index in [0.717, 1.165) is 10.8 Å². The average molecular weight is 373 g/mol. The van der Waals surface area contributed by atoms with Gasteiger partial charge in [0.15, 0.2) is 16.6 Å². The standard InChI is InChI=1S/C19H23N3O3S/c1-12-17(26-19(20-12)22-13-5-3-2-4-6-13)18(23)21-14-7-8-15-16(11-14)25-10-9-24-15/h7-8,11,13H,2-6,9-10H2,1H3,(H,20,22)(H,21,23). The highest BCUT2D eigenvalue weighted by atomic mass is 32.1. The summed E-state index contributed by atoms with van der Waals surface area (Å²) in [6, 6.07) is 5.91. The lowest BCUT2D eigenvalue weighted by Crippen LogP contribution is -2.21. The molecule has 0 saturated heterocycles. The quantitative estimate of drug-likeness (QED) is 0.839. The van der Waals surface area contributed by atoms with Crippen LogP contribution in [0.15, 0.2) is 18.2 Å². The van der Waals surface area contributed by atoms with E-state index in [1.54, 1.807) is 6.07 Å². The van der Waals surface area contributed by atoms with Crippen molar-refractivity contribution in [2.75, 3.05) is 23.8 Å². The zero-order chi connectivity index (χ0) is 17.9. The minimum absolute atomic E-state index is 0.145. The Balaban J connectivity index is 1.44. The first-order valence-corrected chi connectivity index (χ1v) is 9.95. The second kappa shape index (κ2) is 7.53. The van der Waals surface area contributed by atoms with Crippen molar-refractivity contribution in [3.63, 3.8) is 0 Å². The van der Waals surface area contributed by atoms with Crippen LogP contribution in [0.5, 0.6) is 11.5 Å². The molecular formula is C19H23N3O3S. The molecule has 2 heterocycles. The first-order valence-electron chi connectivity index (χ1n) is 9.14. The Morgan fingerprint density at radius 1 is 1.15 bits per heavy atom. The molecule has 2 N–H and O–H groups in total. The predicted molar refractivity (Wildman–Crippen MR) is 103 cm³/mol. The number of benzene rings is 1. The summed E-state index contributed by atoms with van der Waals surface area (Å²) in [5.41, 5.74) is 1.44. The minimum Gasteiger partial charge on any atom is -0.486 e. The molecule has 138 valence electrons. The fourth-order valence-electron chi connectivity index (χ4n) is 3.40. The van der Waals surface area contributed by atoms with Gasteiger partial charge < -0.3 is 20.1 Å². The average Bonchev–Trinajstić information content (AvgIpc) is 3.03. The summed E-state index contributed by atoms with van der Waals surface area (Å²) >= 11 is 1.42. The largest absolute Gasteiger partial charge is 0.486 e. The topological polar surface area (TPSA) is 72.5 Å². The fraction of sp³-hybridized carbons (Fsp3) is 0.474. The number of anilines is 2. The van der Waals surface area contributed by atoms with Crippen LogP contribution in [0.3, 0.4) is 0 Å². The van der Waals surface area contributed by atoms with Crippen molar-refractivity contribution < 1.29 is 14.3 Å². The van der Waals surface area contributed by atoms with Gasteiger partial charge in [-0.3, -0.25) is 4.79 Å². The number of ether oxygens (including phenoxy) is 2. The first kappa shape index (κ1) is 17.1. The second-order valence-electron chi connectivity index (χ2n) is 6.73. The molecule has 0 unspecified atom stereocenters. The van der Waals surface area contributed by atoms with Crippen LogP contribution in [0.25, 0.3) is 0 Å². The molecule has 2 aliphatic rings. The van der Waals surface area contributed by atoms with Crippen molar-refractivity contribution in [2.45, 2.75) is 45.1 Å². The number of fused-ring (bicyclic) bond motifs is 1. The van der Waals surface area contributed by atoms with Gasteiger partial charge in [-0.2, -0.15) is 0 Å². The molecule has 26 heavy (non-hydrogen) atoms. The summed E-state index contributed by atoms with van der Waals surface area (Å²) in [6.07, 6.45) is 6.20. The van der Waals surface area contributed by atoms with Gasteiger partial charge >= 0.3 is 0 Å². The van der Waals surface area contributed by atoms with Crippen LogP contribution in [-0.2, 0) is 0 Å². The molecule has 1 aliphatic carbocycles. The van der Waals surface area contributed by atoms with Crippen molar-refractivity contribution in [3.8, 4) is 11.5 Å². The van der Waals surface area contributed by atoms with Crippen LogP contribution in [-0.4, -0.2) is 30.1 Å². The zero-order valence-corrected chi connectivity index (χ0v) is 15.7. The Labute approximate surface area is 156 Å². The van der Waals surface area contributed by atoms with E-state index in [1.807, 2.05) is 19.1 Å². The van der Waals surface area contributed by atoms with Gasteiger partial charge in [0.25, 0.3) is 5.91 Å². The van der Waals surface area contributed by atoms with E-state index in [9.17, 15) is 4.79 Å². The van der Waals surface area contributed by atoms with Gasteiger partial charge in [0.2, 0.25) is 0 Å². The third-order valence-electron chi connectivity index (χ3n) is 4.74. The normalized spacial score (nSPS) is 17.0.